The second kappa shape index (κ2) is 9.13. The summed E-state index contributed by atoms with van der Waals surface area (Å²) in [6.45, 7) is 6.68. The average molecular weight is 265 g/mol. The van der Waals surface area contributed by atoms with Gasteiger partial charge in [0.25, 0.3) is 0 Å². The van der Waals surface area contributed by atoms with Crippen LogP contribution in [0.3, 0.4) is 0 Å². The van der Waals surface area contributed by atoms with E-state index < -0.39 is 0 Å². The molecule has 1 aromatic heterocycles. The first kappa shape index (κ1) is 16.2. The van der Waals surface area contributed by atoms with Gasteiger partial charge in [-0.05, 0) is 25.3 Å². The van der Waals surface area contributed by atoms with Crippen molar-refractivity contribution in [1.82, 2.24) is 9.78 Å². The molecule has 0 saturated heterocycles. The van der Waals surface area contributed by atoms with E-state index >= 15 is 0 Å². The quantitative estimate of drug-likeness (QED) is 0.648. The van der Waals surface area contributed by atoms with E-state index in [-0.39, 0.29) is 6.04 Å². The van der Waals surface area contributed by atoms with Crippen molar-refractivity contribution in [1.29, 1.82) is 0 Å². The standard InChI is InChI=1S/C16H31N3/c1-4-7-8-9-10-14(17)13-15-11-12-19(18-15)16(5-2)6-3/h11-12,14,16H,4-10,13,17H2,1-3H3. The van der Waals surface area contributed by atoms with Crippen LogP contribution in [0.4, 0.5) is 0 Å². The van der Waals surface area contributed by atoms with Gasteiger partial charge in [-0.3, -0.25) is 4.68 Å². The summed E-state index contributed by atoms with van der Waals surface area (Å²) in [5, 5.41) is 4.67. The molecule has 1 unspecified atom stereocenters. The van der Waals surface area contributed by atoms with Crippen molar-refractivity contribution in [2.24, 2.45) is 5.73 Å². The van der Waals surface area contributed by atoms with E-state index in [9.17, 15) is 0 Å². The molecule has 1 rings (SSSR count). The second-order valence-electron chi connectivity index (χ2n) is 5.57. The zero-order valence-corrected chi connectivity index (χ0v) is 12.9. The van der Waals surface area contributed by atoms with Crippen LogP contribution in [0.15, 0.2) is 12.3 Å². The van der Waals surface area contributed by atoms with Gasteiger partial charge in [-0.15, -0.1) is 0 Å². The van der Waals surface area contributed by atoms with Crippen LogP contribution in [-0.2, 0) is 6.42 Å². The van der Waals surface area contributed by atoms with Gasteiger partial charge in [0.1, 0.15) is 0 Å². The molecule has 1 aromatic rings. The predicted octanol–water partition coefficient (Wildman–Crippen LogP) is 4.08. The van der Waals surface area contributed by atoms with Crippen LogP contribution < -0.4 is 5.73 Å². The second-order valence-corrected chi connectivity index (χ2v) is 5.57. The lowest BCUT2D eigenvalue weighted by Crippen LogP contribution is -2.23. The minimum atomic E-state index is 0.266. The summed E-state index contributed by atoms with van der Waals surface area (Å²) in [6, 6.07) is 2.93. The molecule has 110 valence electrons. The smallest absolute Gasteiger partial charge is 0.0640 e. The van der Waals surface area contributed by atoms with Crippen molar-refractivity contribution < 1.29 is 0 Å². The van der Waals surface area contributed by atoms with Crippen molar-refractivity contribution >= 4 is 0 Å². The summed E-state index contributed by atoms with van der Waals surface area (Å²) >= 11 is 0. The van der Waals surface area contributed by atoms with Gasteiger partial charge in [-0.2, -0.15) is 5.10 Å². The van der Waals surface area contributed by atoms with Gasteiger partial charge in [0.05, 0.1) is 11.7 Å². The van der Waals surface area contributed by atoms with Gasteiger partial charge < -0.3 is 5.73 Å². The lowest BCUT2D eigenvalue weighted by atomic mass is 10.0. The number of nitrogens with two attached hydrogens (primary N) is 1. The minimum Gasteiger partial charge on any atom is -0.327 e. The fourth-order valence-corrected chi connectivity index (χ4v) is 2.56. The van der Waals surface area contributed by atoms with Gasteiger partial charge in [0, 0.05) is 18.7 Å². The highest BCUT2D eigenvalue weighted by Gasteiger charge is 2.10. The third-order valence-corrected chi connectivity index (χ3v) is 3.88. The SMILES string of the molecule is CCCCCCC(N)Cc1ccn(C(CC)CC)n1. The average Bonchev–Trinajstić information content (AvgIpc) is 2.84. The minimum absolute atomic E-state index is 0.266. The van der Waals surface area contributed by atoms with E-state index in [1.165, 1.54) is 25.7 Å². The third kappa shape index (κ3) is 5.77. The number of unbranched alkanes of at least 4 members (excludes halogenated alkanes) is 3. The van der Waals surface area contributed by atoms with Crippen molar-refractivity contribution in [3.8, 4) is 0 Å². The Labute approximate surface area is 118 Å². The molecule has 0 radical (unpaired) electrons. The molecule has 0 fully saturated rings. The van der Waals surface area contributed by atoms with Crippen LogP contribution in [0, 0.1) is 0 Å². The first-order valence-electron chi connectivity index (χ1n) is 8.00. The number of rotatable bonds is 10. The fraction of sp³-hybridized carbons (Fsp3) is 0.812. The van der Waals surface area contributed by atoms with Crippen LogP contribution in [0.25, 0.3) is 0 Å². The van der Waals surface area contributed by atoms with E-state index in [1.807, 2.05) is 0 Å². The van der Waals surface area contributed by atoms with E-state index in [1.54, 1.807) is 0 Å². The van der Waals surface area contributed by atoms with E-state index in [2.05, 4.69) is 42.8 Å². The predicted molar refractivity (Wildman–Crippen MR) is 82.3 cm³/mol. The molecule has 1 heterocycles. The maximum absolute atomic E-state index is 6.19. The number of hydrogen-bond donors (Lipinski definition) is 1. The van der Waals surface area contributed by atoms with E-state index in [4.69, 9.17) is 5.73 Å². The lowest BCUT2D eigenvalue weighted by molar-refractivity contribution is 0.423. The molecule has 0 aliphatic heterocycles. The molecule has 0 spiro atoms. The number of hydrogen-bond acceptors (Lipinski definition) is 2. The molecule has 0 saturated carbocycles. The van der Waals surface area contributed by atoms with Crippen molar-refractivity contribution in [2.75, 3.05) is 0 Å². The van der Waals surface area contributed by atoms with Gasteiger partial charge in [-0.1, -0.05) is 46.5 Å². The zero-order valence-electron chi connectivity index (χ0n) is 12.9. The first-order chi connectivity index (χ1) is 9.21. The van der Waals surface area contributed by atoms with Gasteiger partial charge in [-0.25, -0.2) is 0 Å². The van der Waals surface area contributed by atoms with Gasteiger partial charge in [0.15, 0.2) is 0 Å². The molecule has 0 aliphatic carbocycles. The molecule has 2 N–H and O–H groups in total. The molecule has 3 nitrogen and oxygen atoms in total. The highest BCUT2D eigenvalue weighted by Crippen LogP contribution is 2.15. The normalized spacial score (nSPS) is 13.1. The Morgan fingerprint density at radius 3 is 2.53 bits per heavy atom. The monoisotopic (exact) mass is 265 g/mol. The molecule has 19 heavy (non-hydrogen) atoms. The molecule has 1 atom stereocenters. The molecule has 0 aliphatic rings. The molecule has 3 heteroatoms. The summed E-state index contributed by atoms with van der Waals surface area (Å²) in [7, 11) is 0. The Morgan fingerprint density at radius 2 is 1.89 bits per heavy atom. The Morgan fingerprint density at radius 1 is 1.16 bits per heavy atom. The topological polar surface area (TPSA) is 43.8 Å². The first-order valence-corrected chi connectivity index (χ1v) is 8.00. The highest BCUT2D eigenvalue weighted by atomic mass is 15.3. The molecule has 0 amide bonds. The van der Waals surface area contributed by atoms with Gasteiger partial charge >= 0.3 is 0 Å². The van der Waals surface area contributed by atoms with Crippen LogP contribution >= 0.6 is 0 Å². The molecular weight excluding hydrogens is 234 g/mol. The zero-order chi connectivity index (χ0) is 14.1. The molecule has 0 bridgehead atoms. The lowest BCUT2D eigenvalue weighted by Gasteiger charge is -2.13. The third-order valence-electron chi connectivity index (χ3n) is 3.88. The highest BCUT2D eigenvalue weighted by molar-refractivity contribution is 5.02. The Balaban J connectivity index is 2.36. The summed E-state index contributed by atoms with van der Waals surface area (Å²) in [6.07, 6.45) is 11.6. The summed E-state index contributed by atoms with van der Waals surface area (Å²) in [5.41, 5.74) is 7.34. The molecule has 0 aromatic carbocycles. The van der Waals surface area contributed by atoms with Crippen LogP contribution in [0.5, 0.6) is 0 Å². The summed E-state index contributed by atoms with van der Waals surface area (Å²) < 4.78 is 2.11. The number of aromatic nitrogens is 2. The summed E-state index contributed by atoms with van der Waals surface area (Å²) in [4.78, 5) is 0. The Kier molecular flexibility index (Phi) is 7.80. The van der Waals surface area contributed by atoms with Crippen molar-refractivity contribution in [3.63, 3.8) is 0 Å². The fourth-order valence-electron chi connectivity index (χ4n) is 2.56. The van der Waals surface area contributed by atoms with Crippen LogP contribution in [0.2, 0.25) is 0 Å². The Bertz CT molecular complexity index is 328. The largest absolute Gasteiger partial charge is 0.327 e. The van der Waals surface area contributed by atoms with Crippen LogP contribution in [-0.4, -0.2) is 15.8 Å². The van der Waals surface area contributed by atoms with E-state index in [0.29, 0.717) is 6.04 Å². The van der Waals surface area contributed by atoms with E-state index in [0.717, 1.165) is 31.4 Å². The van der Waals surface area contributed by atoms with Gasteiger partial charge in [0.2, 0.25) is 0 Å². The van der Waals surface area contributed by atoms with Crippen LogP contribution in [0.1, 0.15) is 77.5 Å². The molecular formula is C16H31N3. The Hall–Kier alpha value is -0.830. The number of nitrogens with zero attached hydrogens (tertiary/aromatic N) is 2. The maximum atomic E-state index is 6.19. The van der Waals surface area contributed by atoms with Crippen molar-refractivity contribution in [2.45, 2.75) is 84.2 Å². The van der Waals surface area contributed by atoms with Crippen molar-refractivity contribution in [3.05, 3.63) is 18.0 Å². The summed E-state index contributed by atoms with van der Waals surface area (Å²) in [5.74, 6) is 0. The maximum Gasteiger partial charge on any atom is 0.0640 e.